The number of H-pyrrole nitrogens is 1. The van der Waals surface area contributed by atoms with E-state index >= 15 is 0 Å². The normalized spacial score (nSPS) is 11.2. The molecule has 4 rings (SSSR count). The van der Waals surface area contributed by atoms with Crippen LogP contribution < -0.4 is 0 Å². The van der Waals surface area contributed by atoms with Crippen LogP contribution in [0.5, 0.6) is 0 Å². The monoisotopic (exact) mass is 267 g/mol. The summed E-state index contributed by atoms with van der Waals surface area (Å²) < 4.78 is 1.90. The van der Waals surface area contributed by atoms with Gasteiger partial charge in [-0.1, -0.05) is 11.3 Å². The van der Waals surface area contributed by atoms with Gasteiger partial charge in [0.2, 0.25) is 0 Å². The molecule has 0 atom stereocenters. The van der Waals surface area contributed by atoms with Crippen LogP contribution in [-0.2, 0) is 0 Å². The van der Waals surface area contributed by atoms with Gasteiger partial charge >= 0.3 is 0 Å². The van der Waals surface area contributed by atoms with E-state index in [9.17, 15) is 0 Å². The van der Waals surface area contributed by atoms with Crippen molar-refractivity contribution in [3.05, 3.63) is 49.4 Å². The molecule has 0 aliphatic rings. The highest BCUT2D eigenvalue weighted by atomic mass is 32.1. The Kier molecular flexibility index (Phi) is 2.22. The minimum atomic E-state index is 0.904. The van der Waals surface area contributed by atoms with Crippen molar-refractivity contribution in [3.8, 4) is 15.6 Å². The minimum Gasteiger partial charge on any atom is -0.346 e. The maximum absolute atomic E-state index is 4.41. The number of imidazole rings is 1. The van der Waals surface area contributed by atoms with Crippen LogP contribution in [0.4, 0.5) is 0 Å². The second-order valence-electron chi connectivity index (χ2n) is 4.12. The molecule has 92 valence electrons. The molecule has 0 fully saturated rings. The second kappa shape index (κ2) is 4.03. The first-order valence-electron chi connectivity index (χ1n) is 5.78. The summed E-state index contributed by atoms with van der Waals surface area (Å²) in [6.45, 7) is 0. The van der Waals surface area contributed by atoms with Crippen molar-refractivity contribution in [1.29, 1.82) is 0 Å². The first-order chi connectivity index (χ1) is 9.40. The van der Waals surface area contributed by atoms with E-state index in [1.54, 1.807) is 23.9 Å². The van der Waals surface area contributed by atoms with Gasteiger partial charge in [0.25, 0.3) is 0 Å². The smallest absolute Gasteiger partial charge is 0.195 e. The molecule has 0 aliphatic carbocycles. The van der Waals surface area contributed by atoms with E-state index < -0.39 is 0 Å². The lowest BCUT2D eigenvalue weighted by atomic mass is 10.2. The van der Waals surface area contributed by atoms with Crippen molar-refractivity contribution in [3.63, 3.8) is 0 Å². The van der Waals surface area contributed by atoms with Crippen LogP contribution in [0.2, 0.25) is 0 Å². The average molecular weight is 267 g/mol. The maximum Gasteiger partial charge on any atom is 0.195 e. The molecule has 0 bridgehead atoms. The summed E-state index contributed by atoms with van der Waals surface area (Å²) in [5, 5.41) is 2.01. The molecule has 6 heteroatoms. The number of fused-ring (bicyclic) bond motifs is 1. The minimum absolute atomic E-state index is 0.904. The number of pyridine rings is 1. The van der Waals surface area contributed by atoms with E-state index in [-0.39, 0.29) is 0 Å². The van der Waals surface area contributed by atoms with Gasteiger partial charge in [-0.15, -0.1) is 0 Å². The third kappa shape index (κ3) is 1.73. The van der Waals surface area contributed by atoms with Crippen molar-refractivity contribution >= 4 is 22.4 Å². The van der Waals surface area contributed by atoms with Gasteiger partial charge in [0.15, 0.2) is 5.13 Å². The van der Waals surface area contributed by atoms with E-state index in [0.29, 0.717) is 0 Å². The predicted molar refractivity (Wildman–Crippen MR) is 74.3 cm³/mol. The Bertz CT molecular complexity index is 828. The summed E-state index contributed by atoms with van der Waals surface area (Å²) in [5.74, 6) is 0. The molecule has 0 unspecified atom stereocenters. The van der Waals surface area contributed by atoms with Gasteiger partial charge in [0, 0.05) is 41.9 Å². The molecule has 5 nitrogen and oxygen atoms in total. The topological polar surface area (TPSA) is 59.4 Å². The Morgan fingerprint density at radius 2 is 2.21 bits per heavy atom. The van der Waals surface area contributed by atoms with Crippen molar-refractivity contribution in [2.45, 2.75) is 0 Å². The van der Waals surface area contributed by atoms with E-state index in [2.05, 4.69) is 26.0 Å². The molecule has 0 spiro atoms. The predicted octanol–water partition coefficient (Wildman–Crippen LogP) is 2.87. The van der Waals surface area contributed by atoms with Crippen LogP contribution in [0.3, 0.4) is 0 Å². The Morgan fingerprint density at radius 3 is 3.11 bits per heavy atom. The summed E-state index contributed by atoms with van der Waals surface area (Å²) in [7, 11) is 0. The first kappa shape index (κ1) is 10.5. The highest BCUT2D eigenvalue weighted by Crippen LogP contribution is 2.29. The number of nitrogens with one attached hydrogen (secondary N) is 1. The van der Waals surface area contributed by atoms with E-state index in [4.69, 9.17) is 0 Å². The third-order valence-corrected chi connectivity index (χ3v) is 3.96. The lowest BCUT2D eigenvalue weighted by Crippen LogP contribution is -1.86. The highest BCUT2D eigenvalue weighted by molar-refractivity contribution is 7.17. The summed E-state index contributed by atoms with van der Waals surface area (Å²) in [4.78, 5) is 17.0. The zero-order valence-electron chi connectivity index (χ0n) is 9.82. The fourth-order valence-corrected chi connectivity index (χ4v) is 2.81. The van der Waals surface area contributed by atoms with Gasteiger partial charge in [-0.3, -0.25) is 4.57 Å². The molecular formula is C13H9N5S. The van der Waals surface area contributed by atoms with Gasteiger partial charge in [0.1, 0.15) is 12.0 Å². The first-order valence-corrected chi connectivity index (χ1v) is 6.59. The zero-order valence-corrected chi connectivity index (χ0v) is 10.6. The fraction of sp³-hybridized carbons (Fsp3) is 0. The summed E-state index contributed by atoms with van der Waals surface area (Å²) >= 11 is 1.62. The fourth-order valence-electron chi connectivity index (χ4n) is 1.96. The maximum atomic E-state index is 4.41. The Balaban J connectivity index is 1.79. The van der Waals surface area contributed by atoms with Crippen molar-refractivity contribution in [2.24, 2.45) is 0 Å². The number of hydrogen-bond donors (Lipinski definition) is 1. The number of aromatic nitrogens is 5. The largest absolute Gasteiger partial charge is 0.346 e. The Hall–Kier alpha value is -2.47. The van der Waals surface area contributed by atoms with Gasteiger partial charge in [-0.05, 0) is 12.1 Å². The summed E-state index contributed by atoms with van der Waals surface area (Å²) in [6, 6.07) is 4.13. The van der Waals surface area contributed by atoms with Crippen molar-refractivity contribution in [1.82, 2.24) is 24.5 Å². The average Bonchev–Trinajstić information content (AvgIpc) is 3.18. The number of hydrogen-bond acceptors (Lipinski definition) is 4. The molecular weight excluding hydrogens is 258 g/mol. The number of rotatable bonds is 2. The quantitative estimate of drug-likeness (QED) is 0.607. The van der Waals surface area contributed by atoms with Crippen LogP contribution in [-0.4, -0.2) is 24.5 Å². The standard InChI is InChI=1S/C13H9N5S/c1-2-15-12-9(1)5-10(6-16-12)11-7-17-13(19-11)18-4-3-14-8-18/h1-8H,(H,15,16). The molecule has 19 heavy (non-hydrogen) atoms. The van der Waals surface area contributed by atoms with Gasteiger partial charge in [-0.25, -0.2) is 15.0 Å². The zero-order chi connectivity index (χ0) is 12.7. The van der Waals surface area contributed by atoms with Crippen molar-refractivity contribution < 1.29 is 0 Å². The summed E-state index contributed by atoms with van der Waals surface area (Å²) in [5.41, 5.74) is 1.99. The van der Waals surface area contributed by atoms with Crippen LogP contribution in [0.15, 0.2) is 49.4 Å². The molecule has 0 radical (unpaired) electrons. The van der Waals surface area contributed by atoms with Crippen LogP contribution in [0.25, 0.3) is 26.6 Å². The van der Waals surface area contributed by atoms with Gasteiger partial charge in [0.05, 0.1) is 4.88 Å². The van der Waals surface area contributed by atoms with Crippen LogP contribution >= 0.6 is 11.3 Å². The summed E-state index contributed by atoms with van der Waals surface area (Å²) in [6.07, 6.45) is 11.0. The highest BCUT2D eigenvalue weighted by Gasteiger charge is 2.07. The van der Waals surface area contributed by atoms with E-state index in [0.717, 1.165) is 26.6 Å². The van der Waals surface area contributed by atoms with Crippen molar-refractivity contribution in [2.75, 3.05) is 0 Å². The van der Waals surface area contributed by atoms with Gasteiger partial charge < -0.3 is 4.98 Å². The molecule has 0 saturated heterocycles. The molecule has 0 aliphatic heterocycles. The number of thiazole rings is 1. The molecule has 4 aromatic heterocycles. The molecule has 0 saturated carbocycles. The van der Waals surface area contributed by atoms with Crippen LogP contribution in [0, 0.1) is 0 Å². The van der Waals surface area contributed by atoms with Crippen LogP contribution in [0.1, 0.15) is 0 Å². The SMILES string of the molecule is c1cn(-c2ncc(-c3cnc4[nH]ccc4c3)s2)cn1. The number of aromatic amines is 1. The lowest BCUT2D eigenvalue weighted by molar-refractivity contribution is 1.03. The molecule has 4 aromatic rings. The third-order valence-electron chi connectivity index (χ3n) is 2.90. The molecule has 4 heterocycles. The molecule has 0 aromatic carbocycles. The Labute approximate surface area is 112 Å². The van der Waals surface area contributed by atoms with Gasteiger partial charge in [-0.2, -0.15) is 0 Å². The Morgan fingerprint density at radius 1 is 1.21 bits per heavy atom. The van der Waals surface area contributed by atoms with E-state index in [1.807, 2.05) is 35.4 Å². The lowest BCUT2D eigenvalue weighted by Gasteiger charge is -1.96. The number of nitrogens with zero attached hydrogens (tertiary/aromatic N) is 4. The molecule has 0 amide bonds. The van der Waals surface area contributed by atoms with E-state index in [1.165, 1.54) is 0 Å². The molecule has 1 N–H and O–H groups in total. The second-order valence-corrected chi connectivity index (χ2v) is 5.13.